The second-order valence-electron chi connectivity index (χ2n) is 7.74. The zero-order valence-corrected chi connectivity index (χ0v) is 17.4. The normalized spacial score (nSPS) is 22.9. The molecule has 3 aliphatic heterocycles. The van der Waals surface area contributed by atoms with Crippen molar-refractivity contribution in [3.05, 3.63) is 88.4 Å². The molecule has 1 spiro atoms. The van der Waals surface area contributed by atoms with E-state index in [0.717, 1.165) is 28.1 Å². The van der Waals surface area contributed by atoms with Gasteiger partial charge in [-0.25, -0.2) is 5.01 Å². The Hall–Kier alpha value is -3.51. The molecule has 0 saturated heterocycles. The van der Waals surface area contributed by atoms with Crippen LogP contribution in [0.1, 0.15) is 29.2 Å². The van der Waals surface area contributed by atoms with Gasteiger partial charge in [-0.3, -0.25) is 4.79 Å². The number of carbonyl (C=O) groups excluding carboxylic acids is 1. The van der Waals surface area contributed by atoms with Gasteiger partial charge in [-0.05, 0) is 29.8 Å². The van der Waals surface area contributed by atoms with Crippen LogP contribution in [0.25, 0.3) is 0 Å². The van der Waals surface area contributed by atoms with Gasteiger partial charge in [-0.15, -0.1) is 0 Å². The highest BCUT2D eigenvalue weighted by Crippen LogP contribution is 2.56. The quantitative estimate of drug-likeness (QED) is 0.639. The average Bonchev–Trinajstić information content (AvgIpc) is 3.35. The van der Waals surface area contributed by atoms with Crippen molar-refractivity contribution < 1.29 is 14.3 Å². The summed E-state index contributed by atoms with van der Waals surface area (Å²) in [5.74, 6) is 0.899. The molecular weight excluding hydrogens is 414 g/mol. The van der Waals surface area contributed by atoms with Gasteiger partial charge in [-0.1, -0.05) is 54.1 Å². The molecule has 3 heterocycles. The monoisotopic (exact) mass is 431 g/mol. The van der Waals surface area contributed by atoms with E-state index in [4.69, 9.17) is 26.2 Å². The van der Waals surface area contributed by atoms with Crippen molar-refractivity contribution in [1.82, 2.24) is 5.01 Å². The first-order valence-electron chi connectivity index (χ1n) is 10.0. The third kappa shape index (κ3) is 2.45. The Balaban J connectivity index is 1.58. The van der Waals surface area contributed by atoms with Gasteiger partial charge in [-0.2, -0.15) is 5.10 Å². The topological polar surface area (TPSA) is 63.2 Å². The number of para-hydroxylation sites is 2. The third-order valence-corrected chi connectivity index (χ3v) is 6.35. The number of ether oxygens (including phenoxy) is 2. The minimum absolute atomic E-state index is 0.179. The maximum absolute atomic E-state index is 13.4. The van der Waals surface area contributed by atoms with Crippen LogP contribution in [0, 0.1) is 0 Å². The molecule has 0 unspecified atom stereocenters. The Morgan fingerprint density at radius 2 is 1.94 bits per heavy atom. The van der Waals surface area contributed by atoms with Gasteiger partial charge >= 0.3 is 5.72 Å². The predicted molar refractivity (Wildman–Crippen MR) is 118 cm³/mol. The molecular formula is C24H18ClN3O3. The molecule has 2 atom stereocenters. The number of hydrogen-bond donors (Lipinski definition) is 1. The number of benzene rings is 3. The van der Waals surface area contributed by atoms with Crippen molar-refractivity contribution in [3.63, 3.8) is 0 Å². The molecule has 6 rings (SSSR count). The van der Waals surface area contributed by atoms with Gasteiger partial charge in [0.1, 0.15) is 0 Å². The fourth-order valence-electron chi connectivity index (χ4n) is 4.66. The number of nitrogens with one attached hydrogen (secondary N) is 1. The molecule has 0 radical (unpaired) electrons. The highest BCUT2D eigenvalue weighted by atomic mass is 35.5. The molecule has 31 heavy (non-hydrogen) atoms. The summed E-state index contributed by atoms with van der Waals surface area (Å²) < 4.78 is 12.1. The number of anilines is 1. The highest BCUT2D eigenvalue weighted by Gasteiger charge is 2.61. The summed E-state index contributed by atoms with van der Waals surface area (Å²) >= 11 is 6.08. The molecule has 1 N–H and O–H groups in total. The Kier molecular flexibility index (Phi) is 3.83. The number of halogens is 1. The van der Waals surface area contributed by atoms with E-state index in [1.165, 1.54) is 0 Å². The van der Waals surface area contributed by atoms with Crippen molar-refractivity contribution in [2.75, 3.05) is 12.4 Å². The minimum atomic E-state index is -1.41. The summed E-state index contributed by atoms with van der Waals surface area (Å²) in [4.78, 5) is 13.4. The van der Waals surface area contributed by atoms with E-state index >= 15 is 0 Å². The van der Waals surface area contributed by atoms with Crippen molar-refractivity contribution in [2.24, 2.45) is 5.10 Å². The Morgan fingerprint density at radius 3 is 2.74 bits per heavy atom. The molecule has 0 aromatic heterocycles. The summed E-state index contributed by atoms with van der Waals surface area (Å²) in [5.41, 5.74) is 2.83. The number of rotatable bonds is 2. The maximum atomic E-state index is 13.4. The Bertz CT molecular complexity index is 1260. The van der Waals surface area contributed by atoms with E-state index in [1.54, 1.807) is 12.1 Å². The molecule has 7 heteroatoms. The number of methoxy groups -OCH3 is 1. The van der Waals surface area contributed by atoms with E-state index < -0.39 is 5.72 Å². The lowest BCUT2D eigenvalue weighted by atomic mass is 9.92. The lowest BCUT2D eigenvalue weighted by Crippen LogP contribution is -2.55. The smallest absolute Gasteiger partial charge is 0.306 e. The standard InChI is InChI=1S/C24H18ClN3O3/c1-30-21-8-4-5-16-20-13-19(14-9-11-15(25)12-10-14)27-28(20)24(31-22(16)21)17-6-2-3-7-18(17)26-23(24)29/h2-12,20H,13H2,1H3,(H,26,29)/t20-,24-/m0/s1. The van der Waals surface area contributed by atoms with Gasteiger partial charge in [0, 0.05) is 17.0 Å². The SMILES string of the molecule is COc1cccc2c1O[C@@]1(C(=O)Nc3ccccc31)N1N=C(c3ccc(Cl)cc3)C[C@@H]21. The van der Waals surface area contributed by atoms with Gasteiger partial charge in [0.25, 0.3) is 5.91 Å². The first-order valence-corrected chi connectivity index (χ1v) is 10.4. The second-order valence-corrected chi connectivity index (χ2v) is 8.18. The van der Waals surface area contributed by atoms with Gasteiger partial charge < -0.3 is 14.8 Å². The Labute approximate surface area is 184 Å². The first kappa shape index (κ1) is 18.3. The molecule has 6 nitrogen and oxygen atoms in total. The van der Waals surface area contributed by atoms with Crippen LogP contribution in [0.4, 0.5) is 5.69 Å². The fourth-order valence-corrected chi connectivity index (χ4v) is 4.79. The van der Waals surface area contributed by atoms with Crippen LogP contribution < -0.4 is 14.8 Å². The molecule has 0 aliphatic carbocycles. The number of fused-ring (bicyclic) bond motifs is 6. The number of amides is 1. The molecule has 0 fully saturated rings. The van der Waals surface area contributed by atoms with Crippen molar-refractivity contribution >= 4 is 28.9 Å². The number of carbonyl (C=O) groups is 1. The van der Waals surface area contributed by atoms with Crippen LogP contribution >= 0.6 is 11.6 Å². The number of hydrogen-bond acceptors (Lipinski definition) is 5. The van der Waals surface area contributed by atoms with Crippen LogP contribution in [0.15, 0.2) is 71.8 Å². The summed E-state index contributed by atoms with van der Waals surface area (Å²) in [6.07, 6.45) is 0.627. The second kappa shape index (κ2) is 6.49. The summed E-state index contributed by atoms with van der Waals surface area (Å²) in [6, 6.07) is 20.7. The van der Waals surface area contributed by atoms with Crippen LogP contribution in [-0.2, 0) is 10.5 Å². The van der Waals surface area contributed by atoms with E-state index in [1.807, 2.05) is 66.7 Å². The zero-order chi connectivity index (χ0) is 21.2. The van der Waals surface area contributed by atoms with E-state index in [9.17, 15) is 4.79 Å². The van der Waals surface area contributed by atoms with Crippen LogP contribution in [0.2, 0.25) is 5.02 Å². The van der Waals surface area contributed by atoms with Gasteiger partial charge in [0.2, 0.25) is 0 Å². The van der Waals surface area contributed by atoms with Crippen molar-refractivity contribution in [2.45, 2.75) is 18.2 Å². The van der Waals surface area contributed by atoms with E-state index in [0.29, 0.717) is 22.9 Å². The van der Waals surface area contributed by atoms with E-state index in [-0.39, 0.29) is 11.9 Å². The van der Waals surface area contributed by atoms with Crippen LogP contribution in [-0.4, -0.2) is 23.7 Å². The fraction of sp³-hybridized carbons (Fsp3) is 0.167. The predicted octanol–water partition coefficient (Wildman–Crippen LogP) is 4.70. The van der Waals surface area contributed by atoms with Crippen molar-refractivity contribution in [3.8, 4) is 11.5 Å². The van der Waals surface area contributed by atoms with Crippen LogP contribution in [0.5, 0.6) is 11.5 Å². The largest absolute Gasteiger partial charge is 0.493 e. The lowest BCUT2D eigenvalue weighted by Gasteiger charge is -2.44. The molecule has 154 valence electrons. The van der Waals surface area contributed by atoms with Gasteiger partial charge in [0.05, 0.1) is 30.1 Å². The maximum Gasteiger partial charge on any atom is 0.306 e. The summed E-state index contributed by atoms with van der Waals surface area (Å²) in [6.45, 7) is 0. The average molecular weight is 432 g/mol. The molecule has 0 saturated carbocycles. The highest BCUT2D eigenvalue weighted by molar-refractivity contribution is 6.30. The Morgan fingerprint density at radius 1 is 1.13 bits per heavy atom. The number of nitrogens with zero attached hydrogens (tertiary/aromatic N) is 2. The first-order chi connectivity index (χ1) is 15.1. The molecule has 3 aliphatic rings. The molecule has 3 aromatic rings. The molecule has 3 aromatic carbocycles. The summed E-state index contributed by atoms with van der Waals surface area (Å²) in [7, 11) is 1.60. The number of hydrazone groups is 1. The zero-order valence-electron chi connectivity index (χ0n) is 16.6. The molecule has 0 bridgehead atoms. The molecule has 1 amide bonds. The minimum Gasteiger partial charge on any atom is -0.493 e. The van der Waals surface area contributed by atoms with Crippen molar-refractivity contribution in [1.29, 1.82) is 0 Å². The lowest BCUT2D eigenvalue weighted by molar-refractivity contribution is -0.161. The third-order valence-electron chi connectivity index (χ3n) is 6.10. The van der Waals surface area contributed by atoms with Crippen LogP contribution in [0.3, 0.4) is 0 Å². The summed E-state index contributed by atoms with van der Waals surface area (Å²) in [5, 5.41) is 10.4. The van der Waals surface area contributed by atoms with E-state index in [2.05, 4.69) is 5.32 Å². The van der Waals surface area contributed by atoms with Gasteiger partial charge in [0.15, 0.2) is 11.5 Å².